The molecule has 5 nitrogen and oxygen atoms in total. The molecule has 0 bridgehead atoms. The van der Waals surface area contributed by atoms with E-state index >= 15 is 0 Å². The molecule has 1 aliphatic carbocycles. The van der Waals surface area contributed by atoms with Gasteiger partial charge in [0.05, 0.1) is 12.0 Å². The molecular formula is C21H20O5. The number of esters is 2. The van der Waals surface area contributed by atoms with Crippen LogP contribution in [0.15, 0.2) is 54.6 Å². The summed E-state index contributed by atoms with van der Waals surface area (Å²) in [6, 6.07) is 17.2. The Balaban J connectivity index is 1.44. The van der Waals surface area contributed by atoms with E-state index in [1.54, 1.807) is 12.1 Å². The van der Waals surface area contributed by atoms with Crippen molar-refractivity contribution in [3.05, 3.63) is 60.2 Å². The van der Waals surface area contributed by atoms with Gasteiger partial charge in [-0.1, -0.05) is 42.5 Å². The molecule has 2 aromatic rings. The van der Waals surface area contributed by atoms with Crippen LogP contribution in [0, 0.1) is 11.8 Å². The third-order valence-corrected chi connectivity index (χ3v) is 5.35. The van der Waals surface area contributed by atoms with Crippen molar-refractivity contribution >= 4 is 11.9 Å². The van der Waals surface area contributed by atoms with Crippen molar-refractivity contribution in [3.8, 4) is 11.1 Å². The molecule has 2 aliphatic rings. The number of fused-ring (bicyclic) bond motifs is 1. The van der Waals surface area contributed by atoms with Gasteiger partial charge in [-0.15, -0.1) is 0 Å². The smallest absolute Gasteiger partial charge is 0.338 e. The van der Waals surface area contributed by atoms with E-state index in [1.807, 2.05) is 42.5 Å². The SMILES string of the molecule is O=C1CC2C(CC(OC(=O)c3ccc(-c4ccccc4)cc3)[C@@H]2CO)O1. The molecule has 0 radical (unpaired) electrons. The largest absolute Gasteiger partial charge is 0.462 e. The molecule has 0 amide bonds. The molecule has 26 heavy (non-hydrogen) atoms. The van der Waals surface area contributed by atoms with Gasteiger partial charge >= 0.3 is 11.9 Å². The van der Waals surface area contributed by atoms with Crippen molar-refractivity contribution in [2.75, 3.05) is 6.61 Å². The van der Waals surface area contributed by atoms with Crippen molar-refractivity contribution in [2.45, 2.75) is 25.0 Å². The molecule has 1 saturated heterocycles. The van der Waals surface area contributed by atoms with Gasteiger partial charge in [0, 0.05) is 24.9 Å². The van der Waals surface area contributed by atoms with E-state index in [4.69, 9.17) is 9.47 Å². The summed E-state index contributed by atoms with van der Waals surface area (Å²) in [5.74, 6) is -0.969. The van der Waals surface area contributed by atoms with E-state index < -0.39 is 12.1 Å². The van der Waals surface area contributed by atoms with Crippen molar-refractivity contribution in [2.24, 2.45) is 11.8 Å². The summed E-state index contributed by atoms with van der Waals surface area (Å²) in [5.41, 5.74) is 2.58. The number of aliphatic hydroxyl groups is 1. The van der Waals surface area contributed by atoms with Crippen molar-refractivity contribution in [1.29, 1.82) is 0 Å². The molecule has 1 N–H and O–H groups in total. The van der Waals surface area contributed by atoms with Crippen molar-refractivity contribution in [3.63, 3.8) is 0 Å². The lowest BCUT2D eigenvalue weighted by molar-refractivity contribution is -0.141. The predicted octanol–water partition coefficient (Wildman–Crippen LogP) is 2.82. The molecule has 1 aliphatic heterocycles. The summed E-state index contributed by atoms with van der Waals surface area (Å²) in [6.45, 7) is -0.122. The lowest BCUT2D eigenvalue weighted by atomic mass is 9.93. The van der Waals surface area contributed by atoms with E-state index in [-0.39, 0.29) is 36.9 Å². The highest BCUT2D eigenvalue weighted by Crippen LogP contribution is 2.42. The van der Waals surface area contributed by atoms with Crippen LogP contribution in [-0.4, -0.2) is 35.9 Å². The monoisotopic (exact) mass is 352 g/mol. The Morgan fingerprint density at radius 1 is 1.08 bits per heavy atom. The molecule has 4 atom stereocenters. The predicted molar refractivity (Wildman–Crippen MR) is 94.3 cm³/mol. The average molecular weight is 352 g/mol. The summed E-state index contributed by atoms with van der Waals surface area (Å²) in [7, 11) is 0. The van der Waals surface area contributed by atoms with Crippen LogP contribution in [-0.2, 0) is 14.3 Å². The molecule has 2 fully saturated rings. The van der Waals surface area contributed by atoms with E-state index in [0.29, 0.717) is 12.0 Å². The third-order valence-electron chi connectivity index (χ3n) is 5.35. The first-order valence-corrected chi connectivity index (χ1v) is 8.82. The molecule has 1 saturated carbocycles. The lowest BCUT2D eigenvalue weighted by Crippen LogP contribution is -2.28. The number of aliphatic hydroxyl groups excluding tert-OH is 1. The molecule has 2 aromatic carbocycles. The van der Waals surface area contributed by atoms with Crippen LogP contribution >= 0.6 is 0 Å². The zero-order valence-electron chi connectivity index (χ0n) is 14.2. The van der Waals surface area contributed by atoms with Crippen LogP contribution in [0.2, 0.25) is 0 Å². The highest BCUT2D eigenvalue weighted by Gasteiger charge is 2.51. The minimum atomic E-state index is -0.426. The number of carbonyl (C=O) groups is 2. The maximum atomic E-state index is 12.5. The second-order valence-electron chi connectivity index (χ2n) is 6.87. The van der Waals surface area contributed by atoms with Gasteiger partial charge in [0.2, 0.25) is 0 Å². The van der Waals surface area contributed by atoms with Crippen LogP contribution in [0.25, 0.3) is 11.1 Å². The first-order chi connectivity index (χ1) is 12.7. The summed E-state index contributed by atoms with van der Waals surface area (Å²) >= 11 is 0. The van der Waals surface area contributed by atoms with Crippen LogP contribution in [0.3, 0.4) is 0 Å². The van der Waals surface area contributed by atoms with Gasteiger partial charge in [0.25, 0.3) is 0 Å². The van der Waals surface area contributed by atoms with Crippen LogP contribution in [0.1, 0.15) is 23.2 Å². The number of hydrogen-bond donors (Lipinski definition) is 1. The van der Waals surface area contributed by atoms with Gasteiger partial charge < -0.3 is 14.6 Å². The fraction of sp³-hybridized carbons (Fsp3) is 0.333. The van der Waals surface area contributed by atoms with Crippen LogP contribution in [0.5, 0.6) is 0 Å². The van der Waals surface area contributed by atoms with E-state index in [2.05, 4.69) is 0 Å². The summed E-state index contributed by atoms with van der Waals surface area (Å²) in [6.07, 6.45) is 0.0628. The minimum Gasteiger partial charge on any atom is -0.462 e. The summed E-state index contributed by atoms with van der Waals surface area (Å²) < 4.78 is 10.9. The van der Waals surface area contributed by atoms with E-state index in [9.17, 15) is 14.7 Å². The quantitative estimate of drug-likeness (QED) is 0.857. The molecule has 0 spiro atoms. The Kier molecular flexibility index (Phi) is 4.47. The number of hydrogen-bond acceptors (Lipinski definition) is 5. The van der Waals surface area contributed by atoms with Gasteiger partial charge in [0.1, 0.15) is 12.2 Å². The van der Waals surface area contributed by atoms with Gasteiger partial charge in [-0.05, 0) is 23.3 Å². The van der Waals surface area contributed by atoms with Crippen molar-refractivity contribution in [1.82, 2.24) is 0 Å². The number of rotatable bonds is 4. The van der Waals surface area contributed by atoms with Gasteiger partial charge in [0.15, 0.2) is 0 Å². The normalized spacial score (nSPS) is 27.0. The topological polar surface area (TPSA) is 72.8 Å². The molecule has 134 valence electrons. The standard InChI is InChI=1S/C21H20O5/c22-12-17-16-10-20(23)25-18(16)11-19(17)26-21(24)15-8-6-14(7-9-15)13-4-2-1-3-5-13/h1-9,16-19,22H,10-12H2/t16?,17-,18?,19?/m1/s1. The molecule has 5 heteroatoms. The maximum absolute atomic E-state index is 12.5. The van der Waals surface area contributed by atoms with Gasteiger partial charge in [-0.2, -0.15) is 0 Å². The Morgan fingerprint density at radius 2 is 1.77 bits per heavy atom. The minimum absolute atomic E-state index is 0.0641. The average Bonchev–Trinajstić information content (AvgIpc) is 3.17. The number of carbonyl (C=O) groups excluding carboxylic acids is 2. The zero-order valence-corrected chi connectivity index (χ0v) is 14.2. The van der Waals surface area contributed by atoms with E-state index in [1.165, 1.54) is 0 Å². The first-order valence-electron chi connectivity index (χ1n) is 8.82. The highest BCUT2D eigenvalue weighted by atomic mass is 16.6. The summed E-state index contributed by atoms with van der Waals surface area (Å²) in [5, 5.41) is 9.66. The number of benzene rings is 2. The van der Waals surface area contributed by atoms with Gasteiger partial charge in [-0.25, -0.2) is 4.79 Å². The lowest BCUT2D eigenvalue weighted by Gasteiger charge is -2.20. The van der Waals surface area contributed by atoms with Crippen molar-refractivity contribution < 1.29 is 24.2 Å². The molecule has 4 rings (SSSR count). The zero-order chi connectivity index (χ0) is 18.1. The Morgan fingerprint density at radius 3 is 2.46 bits per heavy atom. The van der Waals surface area contributed by atoms with Gasteiger partial charge in [-0.3, -0.25) is 4.79 Å². The Hall–Kier alpha value is -2.66. The van der Waals surface area contributed by atoms with Crippen LogP contribution in [0.4, 0.5) is 0 Å². The summed E-state index contributed by atoms with van der Waals surface area (Å²) in [4.78, 5) is 23.9. The first kappa shape index (κ1) is 16.8. The third kappa shape index (κ3) is 3.10. The Bertz CT molecular complexity index is 799. The number of ether oxygens (including phenoxy) is 2. The highest BCUT2D eigenvalue weighted by molar-refractivity contribution is 5.90. The molecule has 3 unspecified atom stereocenters. The second kappa shape index (κ2) is 6.92. The fourth-order valence-corrected chi connectivity index (χ4v) is 3.98. The van der Waals surface area contributed by atoms with Crippen LogP contribution < -0.4 is 0 Å². The van der Waals surface area contributed by atoms with E-state index in [0.717, 1.165) is 11.1 Å². The maximum Gasteiger partial charge on any atom is 0.338 e. The Labute approximate surface area is 151 Å². The molecule has 1 heterocycles. The second-order valence-corrected chi connectivity index (χ2v) is 6.87. The molecular weight excluding hydrogens is 332 g/mol. The fourth-order valence-electron chi connectivity index (χ4n) is 3.98. The molecule has 0 aromatic heterocycles.